The summed E-state index contributed by atoms with van der Waals surface area (Å²) in [7, 11) is 0. The Bertz CT molecular complexity index is 439. The first-order chi connectivity index (χ1) is 8.12. The summed E-state index contributed by atoms with van der Waals surface area (Å²) in [5, 5.41) is 0. The number of carbonyl (C=O) groups is 1. The molecular weight excluding hydrogens is 216 g/mol. The Kier molecular flexibility index (Phi) is 1.31. The van der Waals surface area contributed by atoms with Gasteiger partial charge in [-0.15, -0.1) is 0 Å². The van der Waals surface area contributed by atoms with Gasteiger partial charge in [0.05, 0.1) is 13.2 Å². The highest BCUT2D eigenvalue weighted by atomic mass is 16.7. The van der Waals surface area contributed by atoms with Crippen molar-refractivity contribution in [2.24, 2.45) is 28.6 Å². The van der Waals surface area contributed by atoms with Crippen LogP contribution in [0.25, 0.3) is 0 Å². The highest BCUT2D eigenvalue weighted by Gasteiger charge is 2.86. The first-order valence-electron chi connectivity index (χ1n) is 6.94. The normalized spacial score (nSPS) is 61.0. The molecular formula is C14H18O3. The zero-order valence-electron chi connectivity index (χ0n) is 10.2. The van der Waals surface area contributed by atoms with Gasteiger partial charge in [-0.25, -0.2) is 0 Å². The SMILES string of the molecule is C[C@]12CCC3(CC14CC1C(C4=O)C12)OCCO3. The van der Waals surface area contributed by atoms with Gasteiger partial charge in [0.25, 0.3) is 0 Å². The van der Waals surface area contributed by atoms with Crippen molar-refractivity contribution in [3.05, 3.63) is 0 Å². The molecule has 5 atom stereocenters. The number of ether oxygens (including phenoxy) is 2. The number of ketones is 1. The molecule has 4 bridgehead atoms. The molecule has 1 aliphatic heterocycles. The van der Waals surface area contributed by atoms with Gasteiger partial charge in [-0.05, 0) is 30.1 Å². The zero-order chi connectivity index (χ0) is 11.5. The molecule has 0 aromatic heterocycles. The number of hydrogen-bond acceptors (Lipinski definition) is 3. The summed E-state index contributed by atoms with van der Waals surface area (Å²) in [5.41, 5.74) is 0.204. The van der Waals surface area contributed by atoms with Crippen LogP contribution in [0.2, 0.25) is 0 Å². The van der Waals surface area contributed by atoms with Gasteiger partial charge in [0.15, 0.2) is 5.79 Å². The Hall–Kier alpha value is -0.410. The Morgan fingerprint density at radius 3 is 2.65 bits per heavy atom. The van der Waals surface area contributed by atoms with Crippen LogP contribution in [-0.4, -0.2) is 24.8 Å². The molecule has 6 aliphatic rings. The van der Waals surface area contributed by atoms with Gasteiger partial charge in [-0.2, -0.15) is 0 Å². The Balaban J connectivity index is 1.63. The lowest BCUT2D eigenvalue weighted by Crippen LogP contribution is -2.51. The lowest BCUT2D eigenvalue weighted by atomic mass is 9.58. The first kappa shape index (κ1) is 9.51. The van der Waals surface area contributed by atoms with E-state index in [0.717, 1.165) is 31.6 Å². The molecule has 3 nitrogen and oxygen atoms in total. The van der Waals surface area contributed by atoms with E-state index < -0.39 is 5.79 Å². The molecule has 0 N–H and O–H groups in total. The third-order valence-corrected chi connectivity index (χ3v) is 6.77. The predicted molar refractivity (Wildman–Crippen MR) is 59.1 cm³/mol. The maximum absolute atomic E-state index is 12.6. The molecule has 6 fully saturated rings. The third-order valence-electron chi connectivity index (χ3n) is 6.77. The van der Waals surface area contributed by atoms with Crippen LogP contribution in [0, 0.1) is 28.6 Å². The van der Waals surface area contributed by atoms with Gasteiger partial charge < -0.3 is 9.47 Å². The molecule has 2 spiro atoms. The average molecular weight is 234 g/mol. The topological polar surface area (TPSA) is 35.5 Å². The summed E-state index contributed by atoms with van der Waals surface area (Å²) < 4.78 is 11.7. The van der Waals surface area contributed by atoms with E-state index in [1.54, 1.807) is 0 Å². The monoisotopic (exact) mass is 234 g/mol. The molecule has 4 unspecified atom stereocenters. The predicted octanol–water partition coefficient (Wildman–Crippen LogP) is 1.75. The van der Waals surface area contributed by atoms with Gasteiger partial charge >= 0.3 is 0 Å². The minimum absolute atomic E-state index is 0.0738. The van der Waals surface area contributed by atoms with Crippen LogP contribution in [0.5, 0.6) is 0 Å². The summed E-state index contributed by atoms with van der Waals surface area (Å²) in [5.74, 6) is 2.04. The summed E-state index contributed by atoms with van der Waals surface area (Å²) in [6, 6.07) is 0. The molecule has 1 saturated heterocycles. The molecule has 1 heterocycles. The quantitative estimate of drug-likeness (QED) is 0.640. The second kappa shape index (κ2) is 2.35. The molecule has 0 aromatic carbocycles. The zero-order valence-corrected chi connectivity index (χ0v) is 10.2. The van der Waals surface area contributed by atoms with E-state index in [1.807, 2.05) is 0 Å². The fraction of sp³-hybridized carbons (Fsp3) is 0.929. The van der Waals surface area contributed by atoms with Crippen LogP contribution in [0.4, 0.5) is 0 Å². The van der Waals surface area contributed by atoms with Gasteiger partial charge in [-0.1, -0.05) is 6.92 Å². The van der Waals surface area contributed by atoms with Crippen molar-refractivity contribution in [1.82, 2.24) is 0 Å². The van der Waals surface area contributed by atoms with E-state index in [1.165, 1.54) is 0 Å². The van der Waals surface area contributed by atoms with Crippen LogP contribution in [0.15, 0.2) is 0 Å². The van der Waals surface area contributed by atoms with Crippen LogP contribution >= 0.6 is 0 Å². The highest BCUT2D eigenvalue weighted by Crippen LogP contribution is 2.85. The van der Waals surface area contributed by atoms with Gasteiger partial charge in [0.1, 0.15) is 5.78 Å². The van der Waals surface area contributed by atoms with E-state index in [9.17, 15) is 4.79 Å². The van der Waals surface area contributed by atoms with Gasteiger partial charge in [0, 0.05) is 24.2 Å². The van der Waals surface area contributed by atoms with Crippen LogP contribution in [0.3, 0.4) is 0 Å². The molecule has 6 rings (SSSR count). The molecule has 0 radical (unpaired) electrons. The van der Waals surface area contributed by atoms with E-state index in [0.29, 0.717) is 30.8 Å². The largest absolute Gasteiger partial charge is 0.347 e. The standard InChI is InChI=1S/C14H18O3/c1-12-2-3-14(16-4-5-17-14)7-13(12)6-8-9(10(8)12)11(13)15/h8-10H,2-7H2,1H3/t8?,9?,10?,12-,13?/m1/s1. The summed E-state index contributed by atoms with van der Waals surface area (Å²) in [6.07, 6.45) is 4.09. The van der Waals surface area contributed by atoms with Gasteiger partial charge in [-0.3, -0.25) is 4.79 Å². The van der Waals surface area contributed by atoms with Crippen LogP contribution in [0.1, 0.15) is 32.6 Å². The van der Waals surface area contributed by atoms with Crippen LogP contribution < -0.4 is 0 Å². The van der Waals surface area contributed by atoms with Crippen molar-refractivity contribution < 1.29 is 14.3 Å². The van der Waals surface area contributed by atoms with E-state index in [-0.39, 0.29) is 10.8 Å². The maximum Gasteiger partial charge on any atom is 0.169 e. The number of carbonyl (C=O) groups excluding carboxylic acids is 1. The summed E-state index contributed by atoms with van der Waals surface area (Å²) in [4.78, 5) is 12.6. The fourth-order valence-corrected chi connectivity index (χ4v) is 6.02. The molecule has 17 heavy (non-hydrogen) atoms. The lowest BCUT2D eigenvalue weighted by molar-refractivity contribution is -0.219. The van der Waals surface area contributed by atoms with E-state index >= 15 is 0 Å². The fourth-order valence-electron chi connectivity index (χ4n) is 6.02. The number of hydrogen-bond donors (Lipinski definition) is 0. The van der Waals surface area contributed by atoms with Crippen molar-refractivity contribution in [2.45, 2.75) is 38.4 Å². The number of rotatable bonds is 0. The summed E-state index contributed by atoms with van der Waals surface area (Å²) >= 11 is 0. The van der Waals surface area contributed by atoms with Crippen molar-refractivity contribution in [2.75, 3.05) is 13.2 Å². The Morgan fingerprint density at radius 1 is 1.24 bits per heavy atom. The molecule has 5 saturated carbocycles. The van der Waals surface area contributed by atoms with Crippen molar-refractivity contribution in [3.63, 3.8) is 0 Å². The van der Waals surface area contributed by atoms with E-state index in [4.69, 9.17) is 9.47 Å². The maximum atomic E-state index is 12.6. The smallest absolute Gasteiger partial charge is 0.169 e. The molecule has 5 aliphatic carbocycles. The Morgan fingerprint density at radius 2 is 2.00 bits per heavy atom. The molecule has 0 amide bonds. The highest BCUT2D eigenvalue weighted by molar-refractivity contribution is 5.97. The second-order valence-electron chi connectivity index (χ2n) is 7.07. The first-order valence-corrected chi connectivity index (χ1v) is 6.94. The average Bonchev–Trinajstić information content (AvgIpc) is 2.58. The van der Waals surface area contributed by atoms with Gasteiger partial charge in [0.2, 0.25) is 0 Å². The number of Topliss-reactive ketones (excluding diaryl/α,β-unsaturated/α-hetero) is 1. The van der Waals surface area contributed by atoms with Crippen LogP contribution in [-0.2, 0) is 14.3 Å². The van der Waals surface area contributed by atoms with E-state index in [2.05, 4.69) is 6.92 Å². The molecule has 0 aromatic rings. The minimum atomic E-state index is -0.395. The minimum Gasteiger partial charge on any atom is -0.347 e. The third kappa shape index (κ3) is 0.759. The summed E-state index contributed by atoms with van der Waals surface area (Å²) in [6.45, 7) is 3.78. The lowest BCUT2D eigenvalue weighted by Gasteiger charge is -2.49. The van der Waals surface area contributed by atoms with Crippen molar-refractivity contribution in [3.8, 4) is 0 Å². The molecule has 3 heteroatoms. The second-order valence-corrected chi connectivity index (χ2v) is 7.07. The molecule has 92 valence electrons. The van der Waals surface area contributed by atoms with Crippen molar-refractivity contribution >= 4 is 5.78 Å². The van der Waals surface area contributed by atoms with Crippen molar-refractivity contribution in [1.29, 1.82) is 0 Å². The Labute approximate surface area is 101 Å².